The Morgan fingerprint density at radius 3 is 3.11 bits per heavy atom. The Labute approximate surface area is 113 Å². The van der Waals surface area contributed by atoms with Gasteiger partial charge in [0.05, 0.1) is 20.4 Å². The van der Waals surface area contributed by atoms with Crippen LogP contribution in [0.4, 0.5) is 0 Å². The van der Waals surface area contributed by atoms with E-state index < -0.39 is 6.10 Å². The third kappa shape index (κ3) is 2.23. The molecule has 0 aromatic heterocycles. The molecule has 5 atom stereocenters. The predicted octanol–water partition coefficient (Wildman–Crippen LogP) is 1.25. The summed E-state index contributed by atoms with van der Waals surface area (Å²) in [5.74, 6) is 1.12. The monoisotopic (exact) mass is 264 g/mol. The van der Waals surface area contributed by atoms with Crippen molar-refractivity contribution in [2.75, 3.05) is 5.75 Å². The molecule has 18 heavy (non-hydrogen) atoms. The molecule has 2 saturated heterocycles. The number of hydrogen-bond acceptors (Lipinski definition) is 4. The van der Waals surface area contributed by atoms with Crippen LogP contribution in [0.3, 0.4) is 0 Å². The molecule has 0 aromatic rings. The third-order valence-corrected chi connectivity index (χ3v) is 5.63. The van der Waals surface area contributed by atoms with Crippen molar-refractivity contribution in [3.8, 4) is 0 Å². The van der Waals surface area contributed by atoms with Crippen molar-refractivity contribution in [1.82, 2.24) is 0 Å². The number of aliphatic hydroxyl groups excluding tert-OH is 1. The smallest absolute Gasteiger partial charge is 0.306 e. The van der Waals surface area contributed by atoms with E-state index in [1.165, 1.54) is 0 Å². The number of hydrogen-bond donors (Lipinski definition) is 1. The second-order valence-corrected chi connectivity index (χ2v) is 7.00. The zero-order valence-electron chi connectivity index (χ0n) is 10.2. The Kier molecular flexibility index (Phi) is 3.22. The molecule has 2 radical (unpaired) electrons. The molecule has 0 amide bonds. The summed E-state index contributed by atoms with van der Waals surface area (Å²) in [6, 6.07) is 0. The second kappa shape index (κ2) is 4.60. The van der Waals surface area contributed by atoms with Gasteiger partial charge in [0, 0.05) is 18.3 Å². The Hall–Kier alpha value is -0.415. The zero-order chi connectivity index (χ0) is 12.8. The molecule has 3 nitrogen and oxygen atoms in total. The van der Waals surface area contributed by atoms with Gasteiger partial charge in [0.25, 0.3) is 0 Å². The summed E-state index contributed by atoms with van der Waals surface area (Å²) < 4.78 is 4.94. The lowest BCUT2D eigenvalue weighted by molar-refractivity contribution is -0.141. The molecule has 0 spiro atoms. The van der Waals surface area contributed by atoms with Crippen LogP contribution in [0.1, 0.15) is 25.7 Å². The summed E-state index contributed by atoms with van der Waals surface area (Å²) >= 11 is 1.77. The standard InChI is InChI=1S/C13H17BO3S/c14-13(3-1-5-18-13)4-2-8-9-6-12(16)17-11(9)7-10(8)15/h2,4,8-11,15H,1,3,5-7H2/b4-2+/t8-,9-,10-,11+,13?/m1/s1. The minimum atomic E-state index is -0.403. The molecule has 96 valence electrons. The maximum atomic E-state index is 11.3. The maximum absolute atomic E-state index is 11.3. The van der Waals surface area contributed by atoms with Gasteiger partial charge < -0.3 is 9.84 Å². The van der Waals surface area contributed by atoms with Crippen LogP contribution in [0.5, 0.6) is 0 Å². The first-order chi connectivity index (χ1) is 8.57. The van der Waals surface area contributed by atoms with E-state index in [1.54, 1.807) is 11.8 Å². The van der Waals surface area contributed by atoms with Gasteiger partial charge in [-0.05, 0) is 23.2 Å². The van der Waals surface area contributed by atoms with Gasteiger partial charge in [0.2, 0.25) is 0 Å². The Morgan fingerprint density at radius 1 is 1.56 bits per heavy atom. The van der Waals surface area contributed by atoms with Gasteiger partial charge in [-0.15, -0.1) is 0 Å². The zero-order valence-corrected chi connectivity index (χ0v) is 11.1. The number of carbonyl (C=O) groups is 1. The largest absolute Gasteiger partial charge is 0.462 e. The van der Waals surface area contributed by atoms with E-state index in [0.717, 1.165) is 18.6 Å². The van der Waals surface area contributed by atoms with Crippen LogP contribution in [-0.2, 0) is 9.53 Å². The van der Waals surface area contributed by atoms with Crippen molar-refractivity contribution in [3.05, 3.63) is 12.2 Å². The second-order valence-electron chi connectivity index (χ2n) is 5.54. The summed E-state index contributed by atoms with van der Waals surface area (Å²) in [5.41, 5.74) is 0. The van der Waals surface area contributed by atoms with E-state index in [2.05, 4.69) is 0 Å². The summed E-state index contributed by atoms with van der Waals surface area (Å²) in [7, 11) is 6.24. The van der Waals surface area contributed by atoms with Crippen LogP contribution in [0.2, 0.25) is 0 Å². The molecular weight excluding hydrogens is 247 g/mol. The number of esters is 1. The van der Waals surface area contributed by atoms with Gasteiger partial charge >= 0.3 is 5.97 Å². The average molecular weight is 264 g/mol. The Morgan fingerprint density at radius 2 is 2.39 bits per heavy atom. The molecular formula is C13H17BO3S. The quantitative estimate of drug-likeness (QED) is 0.463. The summed E-state index contributed by atoms with van der Waals surface area (Å²) in [5, 5.41) is 10.0. The molecule has 3 aliphatic rings. The van der Waals surface area contributed by atoms with Crippen molar-refractivity contribution in [1.29, 1.82) is 0 Å². The van der Waals surface area contributed by atoms with E-state index in [1.807, 2.05) is 12.2 Å². The fraction of sp³-hybridized carbons (Fsp3) is 0.769. The van der Waals surface area contributed by atoms with Gasteiger partial charge in [-0.3, -0.25) is 4.79 Å². The molecule has 1 N–H and O–H groups in total. The highest BCUT2D eigenvalue weighted by Crippen LogP contribution is 2.43. The predicted molar refractivity (Wildman–Crippen MR) is 71.4 cm³/mol. The first kappa shape index (κ1) is 12.6. The molecule has 5 heteroatoms. The third-order valence-electron chi connectivity index (χ3n) is 4.26. The van der Waals surface area contributed by atoms with Gasteiger partial charge in [-0.2, -0.15) is 11.8 Å². The van der Waals surface area contributed by atoms with E-state index in [-0.39, 0.29) is 28.6 Å². The summed E-state index contributed by atoms with van der Waals surface area (Å²) in [4.78, 5) is 11.3. The minimum absolute atomic E-state index is 0.0167. The van der Waals surface area contributed by atoms with Gasteiger partial charge in [-0.1, -0.05) is 12.2 Å². The van der Waals surface area contributed by atoms with Crippen molar-refractivity contribution in [2.24, 2.45) is 11.8 Å². The van der Waals surface area contributed by atoms with Crippen LogP contribution in [0.25, 0.3) is 0 Å². The van der Waals surface area contributed by atoms with E-state index >= 15 is 0 Å². The van der Waals surface area contributed by atoms with Crippen LogP contribution < -0.4 is 0 Å². The number of carbonyl (C=O) groups excluding carboxylic acids is 1. The van der Waals surface area contributed by atoms with Gasteiger partial charge in [0.15, 0.2) is 0 Å². The Balaban J connectivity index is 1.71. The lowest BCUT2D eigenvalue weighted by atomic mass is 9.80. The fourth-order valence-corrected chi connectivity index (χ4v) is 4.41. The molecule has 1 saturated carbocycles. The van der Waals surface area contributed by atoms with Crippen LogP contribution in [0.15, 0.2) is 12.2 Å². The molecule has 3 rings (SSSR count). The van der Waals surface area contributed by atoms with Gasteiger partial charge in [-0.25, -0.2) is 0 Å². The molecule has 1 aliphatic carbocycles. The normalized spacial score (nSPS) is 47.7. The van der Waals surface area contributed by atoms with Gasteiger partial charge in [0.1, 0.15) is 6.10 Å². The molecule has 2 heterocycles. The highest BCUT2D eigenvalue weighted by Gasteiger charge is 2.48. The fourth-order valence-electron chi connectivity index (χ4n) is 3.27. The lowest BCUT2D eigenvalue weighted by Gasteiger charge is -2.21. The molecule has 3 fully saturated rings. The highest BCUT2D eigenvalue weighted by atomic mass is 32.2. The van der Waals surface area contributed by atoms with Crippen molar-refractivity contribution in [2.45, 2.75) is 42.5 Å². The molecule has 1 unspecified atom stereocenters. The topological polar surface area (TPSA) is 46.5 Å². The molecule has 2 aliphatic heterocycles. The highest BCUT2D eigenvalue weighted by molar-refractivity contribution is 8.02. The van der Waals surface area contributed by atoms with Crippen molar-refractivity contribution >= 4 is 25.6 Å². The minimum Gasteiger partial charge on any atom is -0.462 e. The van der Waals surface area contributed by atoms with Crippen LogP contribution in [0, 0.1) is 11.8 Å². The van der Waals surface area contributed by atoms with Crippen molar-refractivity contribution < 1.29 is 14.6 Å². The first-order valence-electron chi connectivity index (χ1n) is 6.57. The summed E-state index contributed by atoms with van der Waals surface area (Å²) in [6.45, 7) is 0. The Bertz CT molecular complexity index is 378. The van der Waals surface area contributed by atoms with E-state index in [0.29, 0.717) is 12.8 Å². The van der Waals surface area contributed by atoms with E-state index in [9.17, 15) is 9.90 Å². The number of ether oxygens (including phenoxy) is 1. The number of rotatable bonds is 2. The molecule has 0 bridgehead atoms. The maximum Gasteiger partial charge on any atom is 0.306 e. The first-order valence-corrected chi connectivity index (χ1v) is 7.56. The SMILES string of the molecule is [B]C1(/C=C/[C@@H]2[C@H]3CC(=O)O[C@H]3C[C@H]2O)CCCS1. The number of aliphatic hydroxyl groups is 1. The summed E-state index contributed by atoms with van der Waals surface area (Å²) in [6.07, 6.45) is 6.69. The van der Waals surface area contributed by atoms with Crippen LogP contribution in [-0.4, -0.2) is 41.5 Å². The number of fused-ring (bicyclic) bond motifs is 1. The number of thioether (sulfide) groups is 1. The molecule has 0 aromatic carbocycles. The van der Waals surface area contributed by atoms with E-state index in [4.69, 9.17) is 12.6 Å². The lowest BCUT2D eigenvalue weighted by Crippen LogP contribution is -2.21. The average Bonchev–Trinajstić information content (AvgIpc) is 2.93. The van der Waals surface area contributed by atoms with Crippen molar-refractivity contribution in [3.63, 3.8) is 0 Å². The van der Waals surface area contributed by atoms with Crippen LogP contribution >= 0.6 is 11.8 Å².